The standard InChI is InChI=1S/C54H46N4/c1-52(2)45-33-44-43-32-40(38-24-16-26-41(30-38)51-56-49(36-20-12-8-13-21-36)55-50(57-51)37-22-14-9-15-23-37)28-29-47(43)58(48(44)34-46(45)53(3,4)54(52,5)6)42-27-17-25-39(31-42)35-18-10-7-11-19-35/h7-34H,1-6H3. The minimum atomic E-state index is -0.0193. The van der Waals surface area contributed by atoms with Crippen molar-refractivity contribution in [2.75, 3.05) is 0 Å². The molecule has 0 atom stereocenters. The molecule has 0 spiro atoms. The summed E-state index contributed by atoms with van der Waals surface area (Å²) in [6, 6.07) is 60.5. The number of rotatable bonds is 6. The van der Waals surface area contributed by atoms with Gasteiger partial charge in [-0.1, -0.05) is 169 Å². The molecule has 58 heavy (non-hydrogen) atoms. The number of benzene rings is 7. The molecule has 1 aliphatic rings. The van der Waals surface area contributed by atoms with Gasteiger partial charge < -0.3 is 4.57 Å². The van der Waals surface area contributed by atoms with Gasteiger partial charge in [-0.3, -0.25) is 0 Å². The molecule has 282 valence electrons. The number of aromatic nitrogens is 4. The van der Waals surface area contributed by atoms with E-state index in [0.717, 1.165) is 33.5 Å². The number of hydrogen-bond acceptors (Lipinski definition) is 3. The molecule has 0 N–H and O–H groups in total. The minimum absolute atomic E-state index is 0.0185. The summed E-state index contributed by atoms with van der Waals surface area (Å²) in [5.41, 5.74) is 14.0. The normalized spacial score (nSPS) is 15.1. The number of nitrogens with zero attached hydrogens (tertiary/aromatic N) is 4. The first kappa shape index (κ1) is 35.7. The lowest BCUT2D eigenvalue weighted by Crippen LogP contribution is -2.42. The summed E-state index contributed by atoms with van der Waals surface area (Å²) >= 11 is 0. The van der Waals surface area contributed by atoms with E-state index >= 15 is 0 Å². The third kappa shape index (κ3) is 5.54. The predicted octanol–water partition coefficient (Wildman–Crippen LogP) is 13.9. The molecule has 0 bridgehead atoms. The summed E-state index contributed by atoms with van der Waals surface area (Å²) in [4.78, 5) is 15.0. The molecule has 4 heteroatoms. The third-order valence-corrected chi connectivity index (χ3v) is 13.7. The van der Waals surface area contributed by atoms with E-state index in [1.807, 2.05) is 60.7 Å². The Hall–Kier alpha value is -6.65. The first-order valence-electron chi connectivity index (χ1n) is 20.3. The molecule has 7 aromatic carbocycles. The highest BCUT2D eigenvalue weighted by Gasteiger charge is 2.57. The third-order valence-electron chi connectivity index (χ3n) is 13.7. The average Bonchev–Trinajstić information content (AvgIpc) is 3.63. The van der Waals surface area contributed by atoms with Crippen molar-refractivity contribution in [3.05, 3.63) is 181 Å². The smallest absolute Gasteiger partial charge is 0.164 e. The lowest BCUT2D eigenvalue weighted by Gasteiger charge is -2.44. The lowest BCUT2D eigenvalue weighted by atomic mass is 9.59. The predicted molar refractivity (Wildman–Crippen MR) is 241 cm³/mol. The minimum Gasteiger partial charge on any atom is -0.309 e. The van der Waals surface area contributed by atoms with Crippen LogP contribution in [0.3, 0.4) is 0 Å². The molecule has 0 fully saturated rings. The van der Waals surface area contributed by atoms with Crippen LogP contribution >= 0.6 is 0 Å². The molecule has 1 aliphatic carbocycles. The van der Waals surface area contributed by atoms with E-state index < -0.39 is 0 Å². The Morgan fingerprint density at radius 3 is 1.40 bits per heavy atom. The van der Waals surface area contributed by atoms with Gasteiger partial charge in [0.25, 0.3) is 0 Å². The molecule has 0 saturated carbocycles. The van der Waals surface area contributed by atoms with Crippen LogP contribution in [0.5, 0.6) is 0 Å². The largest absolute Gasteiger partial charge is 0.309 e. The summed E-state index contributed by atoms with van der Waals surface area (Å²) in [5.74, 6) is 1.96. The molecule has 2 heterocycles. The lowest BCUT2D eigenvalue weighted by molar-refractivity contribution is 0.125. The molecule has 0 amide bonds. The SMILES string of the molecule is CC1(C)c2cc3c4cc(-c5cccc(-c6nc(-c7ccccc7)nc(-c7ccccc7)n6)c5)ccc4n(-c4cccc(-c5ccccc5)c4)c3cc2C(C)(C)C1(C)C. The summed E-state index contributed by atoms with van der Waals surface area (Å²) in [7, 11) is 0. The fourth-order valence-corrected chi connectivity index (χ4v) is 9.24. The monoisotopic (exact) mass is 750 g/mol. The van der Waals surface area contributed by atoms with Gasteiger partial charge in [0.1, 0.15) is 0 Å². The maximum absolute atomic E-state index is 5.04. The molecule has 2 aromatic heterocycles. The molecule has 0 saturated heterocycles. The first-order chi connectivity index (χ1) is 28.0. The van der Waals surface area contributed by atoms with Crippen molar-refractivity contribution < 1.29 is 0 Å². The van der Waals surface area contributed by atoms with Gasteiger partial charge in [0, 0.05) is 33.2 Å². The Morgan fingerprint density at radius 2 is 0.793 bits per heavy atom. The van der Waals surface area contributed by atoms with Crippen molar-refractivity contribution in [2.45, 2.75) is 52.4 Å². The Kier molecular flexibility index (Phi) is 8.14. The summed E-state index contributed by atoms with van der Waals surface area (Å²) in [6.07, 6.45) is 0. The zero-order valence-corrected chi connectivity index (χ0v) is 34.0. The van der Waals surface area contributed by atoms with Crippen LogP contribution in [0.25, 0.3) is 83.9 Å². The molecule has 10 rings (SSSR count). The molecule has 9 aromatic rings. The van der Waals surface area contributed by atoms with E-state index in [9.17, 15) is 0 Å². The van der Waals surface area contributed by atoms with Crippen molar-refractivity contribution >= 4 is 21.8 Å². The molecule has 4 nitrogen and oxygen atoms in total. The topological polar surface area (TPSA) is 43.6 Å². The van der Waals surface area contributed by atoms with Gasteiger partial charge in [-0.15, -0.1) is 0 Å². The van der Waals surface area contributed by atoms with Gasteiger partial charge in [0.05, 0.1) is 11.0 Å². The number of fused-ring (bicyclic) bond motifs is 4. The molecular formula is C54H46N4. The Labute approximate surface area is 340 Å². The van der Waals surface area contributed by atoms with E-state index in [0.29, 0.717) is 17.5 Å². The van der Waals surface area contributed by atoms with Crippen LogP contribution in [0.2, 0.25) is 0 Å². The second-order valence-electron chi connectivity index (χ2n) is 17.4. The van der Waals surface area contributed by atoms with Gasteiger partial charge in [0.2, 0.25) is 0 Å². The van der Waals surface area contributed by atoms with Crippen LogP contribution in [0, 0.1) is 5.41 Å². The zero-order chi connectivity index (χ0) is 39.8. The van der Waals surface area contributed by atoms with Crippen LogP contribution in [0.1, 0.15) is 52.7 Å². The highest BCUT2D eigenvalue weighted by atomic mass is 15.0. The van der Waals surface area contributed by atoms with Gasteiger partial charge in [-0.05, 0) is 92.1 Å². The summed E-state index contributed by atoms with van der Waals surface area (Å²) < 4.78 is 2.48. The van der Waals surface area contributed by atoms with Crippen molar-refractivity contribution in [1.82, 2.24) is 19.5 Å². The highest BCUT2D eigenvalue weighted by molar-refractivity contribution is 6.11. The molecule has 0 aliphatic heterocycles. The van der Waals surface area contributed by atoms with Crippen molar-refractivity contribution in [1.29, 1.82) is 0 Å². The summed E-state index contributed by atoms with van der Waals surface area (Å²) in [6.45, 7) is 14.6. The Bertz CT molecular complexity index is 2950. The van der Waals surface area contributed by atoms with E-state index in [1.165, 1.54) is 44.1 Å². The average molecular weight is 751 g/mol. The maximum Gasteiger partial charge on any atom is 0.164 e. The van der Waals surface area contributed by atoms with Gasteiger partial charge in [0.15, 0.2) is 17.5 Å². The van der Waals surface area contributed by atoms with E-state index in [4.69, 9.17) is 15.0 Å². The summed E-state index contributed by atoms with van der Waals surface area (Å²) in [5, 5.41) is 2.51. The van der Waals surface area contributed by atoms with Crippen LogP contribution in [0.15, 0.2) is 170 Å². The van der Waals surface area contributed by atoms with Crippen molar-refractivity contribution in [2.24, 2.45) is 5.41 Å². The first-order valence-corrected chi connectivity index (χ1v) is 20.3. The van der Waals surface area contributed by atoms with Crippen LogP contribution in [-0.4, -0.2) is 19.5 Å². The second-order valence-corrected chi connectivity index (χ2v) is 17.4. The van der Waals surface area contributed by atoms with E-state index in [2.05, 4.69) is 155 Å². The van der Waals surface area contributed by atoms with Gasteiger partial charge >= 0.3 is 0 Å². The molecule has 0 radical (unpaired) electrons. The van der Waals surface area contributed by atoms with Gasteiger partial charge in [-0.25, -0.2) is 15.0 Å². The zero-order valence-electron chi connectivity index (χ0n) is 34.0. The second kappa shape index (κ2) is 13.2. The van der Waals surface area contributed by atoms with Crippen LogP contribution in [-0.2, 0) is 10.8 Å². The van der Waals surface area contributed by atoms with Gasteiger partial charge in [-0.2, -0.15) is 0 Å². The Morgan fingerprint density at radius 1 is 0.345 bits per heavy atom. The Balaban J connectivity index is 1.16. The quantitative estimate of drug-likeness (QED) is 0.170. The van der Waals surface area contributed by atoms with Crippen molar-refractivity contribution in [3.63, 3.8) is 0 Å². The maximum atomic E-state index is 5.04. The van der Waals surface area contributed by atoms with Crippen LogP contribution in [0.4, 0.5) is 0 Å². The van der Waals surface area contributed by atoms with Crippen LogP contribution < -0.4 is 0 Å². The fraction of sp³-hybridized carbons (Fsp3) is 0.167. The van der Waals surface area contributed by atoms with E-state index in [1.54, 1.807) is 0 Å². The number of hydrogen-bond donors (Lipinski definition) is 0. The van der Waals surface area contributed by atoms with Crippen molar-refractivity contribution in [3.8, 4) is 62.1 Å². The fourth-order valence-electron chi connectivity index (χ4n) is 9.24. The van der Waals surface area contributed by atoms with E-state index in [-0.39, 0.29) is 16.2 Å². The highest BCUT2D eigenvalue weighted by Crippen LogP contribution is 2.62. The molecule has 0 unspecified atom stereocenters. The molecular weight excluding hydrogens is 705 g/mol.